The van der Waals surface area contributed by atoms with Crippen LogP contribution in [0.1, 0.15) is 17.8 Å². The van der Waals surface area contributed by atoms with E-state index in [1.165, 1.54) is 6.07 Å². The molecule has 11 heteroatoms. The molecule has 152 valence electrons. The van der Waals surface area contributed by atoms with Gasteiger partial charge < -0.3 is 9.64 Å². The molecule has 29 heavy (non-hydrogen) atoms. The molecule has 3 fully saturated rings. The molecule has 2 atom stereocenters. The third kappa shape index (κ3) is 3.05. The summed E-state index contributed by atoms with van der Waals surface area (Å²) in [4.78, 5) is 8.58. The Bertz CT molecular complexity index is 1040. The molecule has 2 bridgehead atoms. The number of pyridine rings is 1. The molecular weight excluding hydrogens is 387 g/mol. The number of piperidine rings is 1. The number of hydrogen-bond acceptors (Lipinski definition) is 7. The van der Waals surface area contributed by atoms with Crippen molar-refractivity contribution in [3.05, 3.63) is 42.0 Å². The van der Waals surface area contributed by atoms with Gasteiger partial charge in [-0.3, -0.25) is 9.88 Å². The number of nitrogens with zero attached hydrogens (tertiary/aromatic N) is 7. The van der Waals surface area contributed by atoms with Crippen LogP contribution in [0.25, 0.3) is 5.65 Å². The van der Waals surface area contributed by atoms with Crippen molar-refractivity contribution in [1.82, 2.24) is 29.7 Å². The van der Waals surface area contributed by atoms with E-state index in [4.69, 9.17) is 4.74 Å². The second kappa shape index (κ2) is 6.55. The van der Waals surface area contributed by atoms with E-state index < -0.39 is 12.0 Å². The van der Waals surface area contributed by atoms with E-state index in [1.807, 2.05) is 6.07 Å². The van der Waals surface area contributed by atoms with Gasteiger partial charge in [-0.25, -0.2) is 0 Å². The largest absolute Gasteiger partial charge is 0.496 e. The van der Waals surface area contributed by atoms with Gasteiger partial charge in [-0.05, 0) is 24.6 Å². The molecule has 0 radical (unpaired) electrons. The van der Waals surface area contributed by atoms with Crippen LogP contribution in [0.15, 0.2) is 30.6 Å². The Morgan fingerprint density at radius 1 is 1.14 bits per heavy atom. The quantitative estimate of drug-likeness (QED) is 0.658. The third-order valence-corrected chi connectivity index (χ3v) is 5.51. The Balaban J connectivity index is 1.35. The molecule has 0 spiro atoms. The summed E-state index contributed by atoms with van der Waals surface area (Å²) in [7, 11) is 1.64. The molecule has 3 aliphatic rings. The zero-order valence-corrected chi connectivity index (χ0v) is 15.5. The van der Waals surface area contributed by atoms with E-state index in [-0.39, 0.29) is 17.7 Å². The van der Waals surface area contributed by atoms with Crippen molar-refractivity contribution in [1.29, 1.82) is 0 Å². The lowest BCUT2D eigenvalue weighted by Gasteiger charge is -2.57. The summed E-state index contributed by atoms with van der Waals surface area (Å²) in [5, 5.41) is 11.0. The minimum Gasteiger partial charge on any atom is -0.496 e. The highest BCUT2D eigenvalue weighted by atomic mass is 19.4. The fourth-order valence-electron chi connectivity index (χ4n) is 4.27. The number of aromatic nitrogens is 5. The van der Waals surface area contributed by atoms with E-state index in [2.05, 4.69) is 30.1 Å². The number of piperazine rings is 1. The molecule has 0 amide bonds. The summed E-state index contributed by atoms with van der Waals surface area (Å²) in [5.74, 6) is 0.212. The van der Waals surface area contributed by atoms with Crippen molar-refractivity contribution in [3.8, 4) is 5.75 Å². The maximum absolute atomic E-state index is 13.1. The highest BCUT2D eigenvalue weighted by Crippen LogP contribution is 2.37. The maximum Gasteiger partial charge on any atom is 0.453 e. The summed E-state index contributed by atoms with van der Waals surface area (Å²) in [6.07, 6.45) is -0.110. The van der Waals surface area contributed by atoms with Gasteiger partial charge in [0.05, 0.1) is 7.11 Å². The van der Waals surface area contributed by atoms with Crippen LogP contribution in [0.4, 0.5) is 19.0 Å². The number of halogens is 3. The summed E-state index contributed by atoms with van der Waals surface area (Å²) in [5.41, 5.74) is 1.10. The first-order chi connectivity index (χ1) is 13.9. The first kappa shape index (κ1) is 18.1. The molecule has 2 unspecified atom stereocenters. The number of ether oxygens (including phenoxy) is 1. The molecule has 3 aromatic heterocycles. The van der Waals surface area contributed by atoms with Crippen molar-refractivity contribution in [2.24, 2.45) is 0 Å². The molecule has 6 heterocycles. The Kier molecular flexibility index (Phi) is 4.09. The first-order valence-corrected chi connectivity index (χ1v) is 9.21. The van der Waals surface area contributed by atoms with Gasteiger partial charge in [-0.1, -0.05) is 0 Å². The summed E-state index contributed by atoms with van der Waals surface area (Å²) in [6, 6.07) is 5.47. The average Bonchev–Trinajstić information content (AvgIpc) is 3.12. The van der Waals surface area contributed by atoms with E-state index >= 15 is 0 Å². The minimum absolute atomic E-state index is 0.0806. The second-order valence-corrected chi connectivity index (χ2v) is 7.32. The third-order valence-electron chi connectivity index (χ3n) is 5.51. The van der Waals surface area contributed by atoms with Crippen LogP contribution < -0.4 is 9.64 Å². The average molecular weight is 405 g/mol. The Morgan fingerprint density at radius 3 is 2.66 bits per heavy atom. The molecule has 0 aromatic carbocycles. The number of methoxy groups -OCH3 is 1. The molecule has 0 N–H and O–H groups in total. The number of fused-ring (bicyclic) bond motifs is 3. The van der Waals surface area contributed by atoms with Crippen LogP contribution in [0.5, 0.6) is 5.75 Å². The minimum atomic E-state index is -4.60. The monoisotopic (exact) mass is 405 g/mol. The number of rotatable bonds is 4. The van der Waals surface area contributed by atoms with Gasteiger partial charge >= 0.3 is 6.18 Å². The van der Waals surface area contributed by atoms with Crippen LogP contribution in [0, 0.1) is 0 Å². The predicted molar refractivity (Wildman–Crippen MR) is 96.5 cm³/mol. The highest BCUT2D eigenvalue weighted by Gasteiger charge is 2.46. The van der Waals surface area contributed by atoms with E-state index in [9.17, 15) is 13.2 Å². The SMILES string of the molecule is COc1ccncc1CN1CC2CC(C1)N2c1ccc2nnc(C(F)(F)F)n2n1. The molecular formula is C18H18F3N7O. The van der Waals surface area contributed by atoms with E-state index in [0.29, 0.717) is 12.4 Å². The van der Waals surface area contributed by atoms with Gasteiger partial charge in [-0.15, -0.1) is 15.3 Å². The molecule has 3 aliphatic heterocycles. The molecule has 3 saturated heterocycles. The molecule has 0 saturated carbocycles. The predicted octanol–water partition coefficient (Wildman–Crippen LogP) is 2.01. The fourth-order valence-corrected chi connectivity index (χ4v) is 4.27. The van der Waals surface area contributed by atoms with Gasteiger partial charge in [0.15, 0.2) is 5.65 Å². The van der Waals surface area contributed by atoms with Crippen molar-refractivity contribution >= 4 is 11.5 Å². The molecule has 0 aliphatic carbocycles. The molecule has 3 aromatic rings. The van der Waals surface area contributed by atoms with Gasteiger partial charge in [-0.2, -0.15) is 17.7 Å². The smallest absolute Gasteiger partial charge is 0.453 e. The maximum atomic E-state index is 13.1. The number of anilines is 1. The number of hydrogen-bond donors (Lipinski definition) is 0. The van der Waals surface area contributed by atoms with Crippen LogP contribution >= 0.6 is 0 Å². The number of alkyl halides is 3. The van der Waals surface area contributed by atoms with Crippen LogP contribution in [-0.4, -0.2) is 62.0 Å². The normalized spacial score (nSPS) is 22.0. The van der Waals surface area contributed by atoms with Gasteiger partial charge in [0.1, 0.15) is 11.6 Å². The van der Waals surface area contributed by atoms with Crippen LogP contribution in [0.2, 0.25) is 0 Å². The summed E-state index contributed by atoms with van der Waals surface area (Å²) >= 11 is 0. The first-order valence-electron chi connectivity index (χ1n) is 9.21. The van der Waals surface area contributed by atoms with Gasteiger partial charge in [0, 0.05) is 49.7 Å². The lowest BCUT2D eigenvalue weighted by molar-refractivity contribution is -0.146. The fraction of sp³-hybridized carbons (Fsp3) is 0.444. The summed E-state index contributed by atoms with van der Waals surface area (Å²) in [6.45, 7) is 2.30. The molecule has 8 nitrogen and oxygen atoms in total. The van der Waals surface area contributed by atoms with Gasteiger partial charge in [0.2, 0.25) is 0 Å². The Morgan fingerprint density at radius 2 is 1.93 bits per heavy atom. The highest BCUT2D eigenvalue weighted by molar-refractivity contribution is 5.50. The van der Waals surface area contributed by atoms with E-state index in [0.717, 1.165) is 35.3 Å². The topological polar surface area (TPSA) is 71.7 Å². The zero-order chi connectivity index (χ0) is 20.2. The summed E-state index contributed by atoms with van der Waals surface area (Å²) < 4.78 is 45.6. The van der Waals surface area contributed by atoms with Crippen molar-refractivity contribution < 1.29 is 17.9 Å². The Hall–Kier alpha value is -2.95. The van der Waals surface area contributed by atoms with Crippen molar-refractivity contribution in [3.63, 3.8) is 0 Å². The van der Waals surface area contributed by atoms with E-state index in [1.54, 1.807) is 25.6 Å². The van der Waals surface area contributed by atoms with Crippen LogP contribution in [0.3, 0.4) is 0 Å². The molecule has 6 rings (SSSR count). The van der Waals surface area contributed by atoms with Crippen molar-refractivity contribution in [2.45, 2.75) is 31.2 Å². The lowest BCUT2D eigenvalue weighted by Crippen LogP contribution is -2.69. The van der Waals surface area contributed by atoms with Crippen molar-refractivity contribution in [2.75, 3.05) is 25.1 Å². The van der Waals surface area contributed by atoms with Gasteiger partial charge in [0.25, 0.3) is 5.82 Å². The standard InChI is InChI=1S/C18H18F3N7O/c1-29-14-4-5-22-7-11(14)8-26-9-12-6-13(10-26)27(12)16-3-2-15-23-24-17(18(19,20)21)28(15)25-16/h2-5,7,12-13H,6,8-10H2,1H3. The lowest BCUT2D eigenvalue weighted by atomic mass is 9.87. The second-order valence-electron chi connectivity index (χ2n) is 7.32. The zero-order valence-electron chi connectivity index (χ0n) is 15.5. The van der Waals surface area contributed by atoms with Crippen LogP contribution in [-0.2, 0) is 12.7 Å². The Labute approximate surface area is 163 Å².